The van der Waals surface area contributed by atoms with Crippen molar-refractivity contribution in [3.63, 3.8) is 0 Å². The number of fused-ring (bicyclic) bond motifs is 6. The lowest BCUT2D eigenvalue weighted by molar-refractivity contribution is -0.385. The van der Waals surface area contributed by atoms with Crippen LogP contribution in [0, 0.1) is 20.2 Å². The van der Waals surface area contributed by atoms with Crippen LogP contribution in [0.3, 0.4) is 0 Å². The van der Waals surface area contributed by atoms with E-state index in [1.165, 1.54) is 33.9 Å². The molecule has 1 aliphatic rings. The molecule has 5 aromatic rings. The maximum Gasteiger partial charge on any atom is 0.269 e. The van der Waals surface area contributed by atoms with Crippen LogP contribution in [0.2, 0.25) is 0 Å². The highest BCUT2D eigenvalue weighted by Crippen LogP contribution is 2.53. The highest BCUT2D eigenvalue weighted by molar-refractivity contribution is 6.07. The van der Waals surface area contributed by atoms with E-state index in [2.05, 4.69) is 35.8 Å². The van der Waals surface area contributed by atoms with Crippen LogP contribution in [0.25, 0.3) is 32.9 Å². The molecule has 0 fully saturated rings. The maximum absolute atomic E-state index is 11.6. The lowest BCUT2D eigenvalue weighted by atomic mass is 9.76. The smallest absolute Gasteiger partial charge is 0.269 e. The van der Waals surface area contributed by atoms with Crippen LogP contribution in [0.5, 0.6) is 0 Å². The van der Waals surface area contributed by atoms with Crippen LogP contribution < -0.4 is 0 Å². The molecule has 0 unspecified atom stereocenters. The Hall–Kier alpha value is -4.52. The van der Waals surface area contributed by atoms with Gasteiger partial charge >= 0.3 is 0 Å². The largest absolute Gasteiger partial charge is 0.340 e. The fourth-order valence-corrected chi connectivity index (χ4v) is 5.92. The van der Waals surface area contributed by atoms with Crippen molar-refractivity contribution in [2.75, 3.05) is 0 Å². The summed E-state index contributed by atoms with van der Waals surface area (Å²) in [5.74, 6) is 0. The number of rotatable bonds is 6. The number of nitro groups is 2. The standard InChI is InChI=1S/C29H23N3O4/c1-29(15-6-16-30-27-9-4-2-7-23(27)24-8-3-5-10-28(24)30)25-17-19(31(33)34)11-13-21(25)22-14-12-20(32(35)36)18-26(22)29/h2-5,7-14,17-18H,6,15-16H2,1H3. The molecule has 6 rings (SSSR count). The summed E-state index contributed by atoms with van der Waals surface area (Å²) in [7, 11) is 0. The van der Waals surface area contributed by atoms with Crippen LogP contribution in [0.15, 0.2) is 84.9 Å². The molecule has 36 heavy (non-hydrogen) atoms. The van der Waals surface area contributed by atoms with E-state index in [4.69, 9.17) is 0 Å². The van der Waals surface area contributed by atoms with E-state index >= 15 is 0 Å². The molecule has 178 valence electrons. The third-order valence-corrected chi connectivity index (χ3v) is 7.65. The van der Waals surface area contributed by atoms with Crippen molar-refractivity contribution >= 4 is 33.2 Å². The predicted molar refractivity (Wildman–Crippen MR) is 140 cm³/mol. The summed E-state index contributed by atoms with van der Waals surface area (Å²) >= 11 is 0. The van der Waals surface area contributed by atoms with Gasteiger partial charge in [0.15, 0.2) is 0 Å². The van der Waals surface area contributed by atoms with Crippen molar-refractivity contribution in [3.8, 4) is 11.1 Å². The van der Waals surface area contributed by atoms with Gasteiger partial charge in [0, 0.05) is 58.0 Å². The monoisotopic (exact) mass is 477 g/mol. The van der Waals surface area contributed by atoms with Gasteiger partial charge in [0.2, 0.25) is 0 Å². The summed E-state index contributed by atoms with van der Waals surface area (Å²) in [4.78, 5) is 22.3. The molecule has 0 saturated heterocycles. The average Bonchev–Trinajstić information content (AvgIpc) is 3.34. The summed E-state index contributed by atoms with van der Waals surface area (Å²) in [6.07, 6.45) is 1.49. The van der Waals surface area contributed by atoms with E-state index in [-0.39, 0.29) is 21.2 Å². The van der Waals surface area contributed by atoms with Gasteiger partial charge in [-0.1, -0.05) is 43.3 Å². The summed E-state index contributed by atoms with van der Waals surface area (Å²) in [6.45, 7) is 2.81. The van der Waals surface area contributed by atoms with Crippen LogP contribution in [-0.4, -0.2) is 14.4 Å². The topological polar surface area (TPSA) is 91.2 Å². The molecule has 0 amide bonds. The second kappa shape index (κ2) is 8.02. The lowest BCUT2D eigenvalue weighted by Gasteiger charge is -2.27. The Labute approximate surface area is 206 Å². The molecule has 1 heterocycles. The van der Waals surface area contributed by atoms with Crippen molar-refractivity contribution in [2.45, 2.75) is 31.7 Å². The fraction of sp³-hybridized carbons (Fsp3) is 0.172. The summed E-state index contributed by atoms with van der Waals surface area (Å²) in [6, 6.07) is 26.6. The normalized spacial score (nSPS) is 13.6. The van der Waals surface area contributed by atoms with Crippen molar-refractivity contribution in [3.05, 3.63) is 116 Å². The average molecular weight is 478 g/mol. The molecular formula is C29H23N3O4. The second-order valence-electron chi connectivity index (χ2n) is 9.60. The first-order valence-electron chi connectivity index (χ1n) is 11.9. The van der Waals surface area contributed by atoms with E-state index in [0.717, 1.165) is 35.2 Å². The molecular weight excluding hydrogens is 454 g/mol. The number of hydrogen-bond acceptors (Lipinski definition) is 4. The summed E-state index contributed by atoms with van der Waals surface area (Å²) < 4.78 is 2.33. The molecule has 0 aliphatic heterocycles. The van der Waals surface area contributed by atoms with Crippen molar-refractivity contribution < 1.29 is 9.85 Å². The second-order valence-corrected chi connectivity index (χ2v) is 9.60. The molecule has 4 aromatic carbocycles. The highest BCUT2D eigenvalue weighted by Gasteiger charge is 2.41. The van der Waals surface area contributed by atoms with Crippen LogP contribution >= 0.6 is 0 Å². The SMILES string of the molecule is CC1(CCCn2c3ccccc3c3ccccc32)c2cc([N+](=O)[O-])ccc2-c2ccc([N+](=O)[O-])cc21. The minimum atomic E-state index is -0.582. The fourth-order valence-electron chi connectivity index (χ4n) is 5.92. The van der Waals surface area contributed by atoms with Gasteiger partial charge in [0.25, 0.3) is 11.4 Å². The zero-order valence-electron chi connectivity index (χ0n) is 19.7. The summed E-state index contributed by atoms with van der Waals surface area (Å²) in [5, 5.41) is 25.5. The van der Waals surface area contributed by atoms with Crippen LogP contribution in [0.1, 0.15) is 30.9 Å². The van der Waals surface area contributed by atoms with Gasteiger partial charge in [-0.15, -0.1) is 0 Å². The van der Waals surface area contributed by atoms with Gasteiger partial charge < -0.3 is 4.57 Å². The molecule has 0 bridgehead atoms. The van der Waals surface area contributed by atoms with Crippen molar-refractivity contribution in [1.82, 2.24) is 4.57 Å². The van der Waals surface area contributed by atoms with Gasteiger partial charge in [-0.05, 0) is 59.4 Å². The number of benzene rings is 4. The molecule has 1 aliphatic carbocycles. The van der Waals surface area contributed by atoms with Gasteiger partial charge in [-0.2, -0.15) is 0 Å². The van der Waals surface area contributed by atoms with Crippen LogP contribution in [-0.2, 0) is 12.0 Å². The Morgan fingerprint density at radius 1 is 0.722 bits per heavy atom. The number of hydrogen-bond donors (Lipinski definition) is 0. The number of nitro benzene ring substituents is 2. The Balaban J connectivity index is 1.42. The third kappa shape index (κ3) is 3.20. The predicted octanol–water partition coefficient (Wildman–Crippen LogP) is 7.38. The van der Waals surface area contributed by atoms with Crippen molar-refractivity contribution in [2.24, 2.45) is 0 Å². The van der Waals surface area contributed by atoms with E-state index in [1.54, 1.807) is 24.3 Å². The number of aromatic nitrogens is 1. The molecule has 0 radical (unpaired) electrons. The zero-order valence-corrected chi connectivity index (χ0v) is 19.7. The molecule has 1 aromatic heterocycles. The molecule has 0 saturated carbocycles. The minimum absolute atomic E-state index is 0.0321. The van der Waals surface area contributed by atoms with E-state index in [9.17, 15) is 20.2 Å². The van der Waals surface area contributed by atoms with E-state index < -0.39 is 5.41 Å². The number of aryl methyl sites for hydroxylation is 1. The van der Waals surface area contributed by atoms with Gasteiger partial charge in [-0.25, -0.2) is 0 Å². The van der Waals surface area contributed by atoms with E-state index in [1.807, 2.05) is 24.3 Å². The molecule has 0 spiro atoms. The van der Waals surface area contributed by atoms with Gasteiger partial charge in [0.1, 0.15) is 0 Å². The first-order chi connectivity index (χ1) is 17.4. The molecule has 0 atom stereocenters. The Kier molecular flexibility index (Phi) is 4.89. The number of nitrogens with zero attached hydrogens (tertiary/aromatic N) is 3. The maximum atomic E-state index is 11.6. The zero-order chi connectivity index (χ0) is 25.0. The van der Waals surface area contributed by atoms with Crippen LogP contribution in [0.4, 0.5) is 11.4 Å². The third-order valence-electron chi connectivity index (χ3n) is 7.65. The Morgan fingerprint density at radius 3 is 1.67 bits per heavy atom. The summed E-state index contributed by atoms with van der Waals surface area (Å²) in [5.41, 5.74) is 5.35. The number of para-hydroxylation sites is 2. The molecule has 7 heteroatoms. The van der Waals surface area contributed by atoms with Crippen molar-refractivity contribution in [1.29, 1.82) is 0 Å². The quantitative estimate of drug-likeness (QED) is 0.188. The first-order valence-corrected chi connectivity index (χ1v) is 11.9. The van der Waals surface area contributed by atoms with E-state index in [0.29, 0.717) is 6.42 Å². The Morgan fingerprint density at radius 2 is 1.19 bits per heavy atom. The lowest BCUT2D eigenvalue weighted by Crippen LogP contribution is -2.21. The van der Waals surface area contributed by atoms with Gasteiger partial charge in [-0.3, -0.25) is 20.2 Å². The first kappa shape index (κ1) is 22.0. The molecule has 0 N–H and O–H groups in total. The minimum Gasteiger partial charge on any atom is -0.340 e. The number of non-ortho nitro benzene ring substituents is 2. The highest BCUT2D eigenvalue weighted by atomic mass is 16.6. The molecule has 7 nitrogen and oxygen atoms in total. The Bertz CT molecular complexity index is 1590. The van der Waals surface area contributed by atoms with Gasteiger partial charge in [0.05, 0.1) is 9.85 Å².